The van der Waals surface area contributed by atoms with Gasteiger partial charge in [0, 0.05) is 13.0 Å². The van der Waals surface area contributed by atoms with Crippen molar-refractivity contribution in [3.05, 3.63) is 53.0 Å². The Balaban J connectivity index is 1.77. The van der Waals surface area contributed by atoms with Gasteiger partial charge in [-0.25, -0.2) is 0 Å². The van der Waals surface area contributed by atoms with Gasteiger partial charge in [0.2, 0.25) is 0 Å². The minimum Gasteiger partial charge on any atom is -0.466 e. The maximum Gasteiger partial charge on any atom is 0.305 e. The molecule has 1 aliphatic heterocycles. The van der Waals surface area contributed by atoms with Gasteiger partial charge in [-0.15, -0.1) is 0 Å². The van der Waals surface area contributed by atoms with Crippen LogP contribution in [0, 0.1) is 0 Å². The summed E-state index contributed by atoms with van der Waals surface area (Å²) < 4.78 is 5.72. The molecule has 6 heteroatoms. The highest BCUT2D eigenvalue weighted by Crippen LogP contribution is 2.31. The van der Waals surface area contributed by atoms with Crippen LogP contribution in [0.15, 0.2) is 47.4 Å². The molecule has 1 amide bonds. The minimum absolute atomic E-state index is 0.0981. The van der Waals surface area contributed by atoms with Crippen LogP contribution in [-0.4, -0.2) is 34.2 Å². The van der Waals surface area contributed by atoms with E-state index in [-0.39, 0.29) is 11.9 Å². The second kappa shape index (κ2) is 11.7. The lowest BCUT2D eigenvalue weighted by Crippen LogP contribution is -2.29. The van der Waals surface area contributed by atoms with E-state index in [0.29, 0.717) is 35.2 Å². The average molecular weight is 404 g/mol. The summed E-state index contributed by atoms with van der Waals surface area (Å²) in [7, 11) is 0. The predicted octanol–water partition coefficient (Wildman–Crippen LogP) is 4.96. The molecule has 1 aromatic rings. The van der Waals surface area contributed by atoms with Gasteiger partial charge in [-0.3, -0.25) is 14.5 Å². The summed E-state index contributed by atoms with van der Waals surface area (Å²) in [5.74, 6) is -0.308. The third kappa shape index (κ3) is 7.31. The Morgan fingerprint density at radius 2 is 2.00 bits per heavy atom. The lowest BCUT2D eigenvalue weighted by molar-refractivity contribution is -0.144. The van der Waals surface area contributed by atoms with Crippen molar-refractivity contribution in [2.24, 2.45) is 0 Å². The lowest BCUT2D eigenvalue weighted by Gasteiger charge is -2.13. The monoisotopic (exact) mass is 403 g/mol. The van der Waals surface area contributed by atoms with Gasteiger partial charge in [-0.1, -0.05) is 86.2 Å². The van der Waals surface area contributed by atoms with Crippen molar-refractivity contribution in [2.75, 3.05) is 13.2 Å². The number of carbonyl (C=O) groups is 2. The molecule has 1 saturated heterocycles. The fraction of sp³-hybridized carbons (Fsp3) is 0.381. The molecule has 0 unspecified atom stereocenters. The van der Waals surface area contributed by atoms with Crippen molar-refractivity contribution >= 4 is 46.3 Å². The first-order chi connectivity index (χ1) is 13.1. The van der Waals surface area contributed by atoms with Gasteiger partial charge in [0.05, 0.1) is 11.5 Å². The summed E-state index contributed by atoms with van der Waals surface area (Å²) in [6.07, 6.45) is 9.50. The van der Waals surface area contributed by atoms with Gasteiger partial charge < -0.3 is 4.74 Å². The zero-order valence-corrected chi connectivity index (χ0v) is 17.2. The second-order valence-corrected chi connectivity index (χ2v) is 7.83. The van der Waals surface area contributed by atoms with Crippen LogP contribution in [0.2, 0.25) is 0 Å². The summed E-state index contributed by atoms with van der Waals surface area (Å²) in [6.45, 7) is 3.02. The fourth-order valence-corrected chi connectivity index (χ4v) is 3.77. The Morgan fingerprint density at radius 1 is 1.22 bits per heavy atom. The first kappa shape index (κ1) is 21.4. The number of allylic oxidation sites excluding steroid dienone is 2. The molecule has 4 nitrogen and oxygen atoms in total. The van der Waals surface area contributed by atoms with Crippen molar-refractivity contribution in [3.8, 4) is 0 Å². The molecule has 0 atom stereocenters. The van der Waals surface area contributed by atoms with Crippen molar-refractivity contribution in [2.45, 2.75) is 39.0 Å². The van der Waals surface area contributed by atoms with Crippen LogP contribution in [0.1, 0.15) is 44.6 Å². The maximum absolute atomic E-state index is 12.5. The molecule has 27 heavy (non-hydrogen) atoms. The number of thiocarbonyl (C=S) groups is 1. The summed E-state index contributed by atoms with van der Waals surface area (Å²) in [5, 5.41) is 0. The van der Waals surface area contributed by atoms with Crippen LogP contribution in [-0.2, 0) is 14.3 Å². The Morgan fingerprint density at radius 3 is 2.74 bits per heavy atom. The molecule has 0 spiro atoms. The van der Waals surface area contributed by atoms with Gasteiger partial charge in [0.1, 0.15) is 4.32 Å². The number of unbranched alkanes of at least 4 members (excludes halogenated alkanes) is 2. The molecular formula is C21H25NO3S2. The standard InChI is InChI=1S/C21H25NO3S2/c1-2-3-7-16-25-19(23)14-9-15-22-20(24)18(27-21(22)26)13-8-12-17-10-5-4-6-11-17/h4-6,8,10-13H,2-3,7,9,14-16H2,1H3/b12-8+,18-13-. The zero-order chi connectivity index (χ0) is 19.5. The minimum atomic E-state index is -0.210. The number of hydrogen-bond acceptors (Lipinski definition) is 5. The number of amides is 1. The van der Waals surface area contributed by atoms with Gasteiger partial charge in [-0.05, 0) is 24.5 Å². The van der Waals surface area contributed by atoms with Gasteiger partial charge in [-0.2, -0.15) is 0 Å². The lowest BCUT2D eigenvalue weighted by atomic mass is 10.2. The average Bonchev–Trinajstić information content (AvgIpc) is 2.94. The SMILES string of the molecule is CCCCCOC(=O)CCCN1C(=O)/C(=C/C=C/c2ccccc2)SC1=S. The van der Waals surface area contributed by atoms with Crippen LogP contribution in [0.5, 0.6) is 0 Å². The molecule has 0 bridgehead atoms. The number of ether oxygens (including phenoxy) is 1. The molecule has 1 fully saturated rings. The predicted molar refractivity (Wildman–Crippen MR) is 115 cm³/mol. The van der Waals surface area contributed by atoms with E-state index in [4.69, 9.17) is 17.0 Å². The second-order valence-electron chi connectivity index (χ2n) is 6.16. The summed E-state index contributed by atoms with van der Waals surface area (Å²) in [5.41, 5.74) is 1.07. The Kier molecular flexibility index (Phi) is 9.28. The number of benzene rings is 1. The molecule has 0 aliphatic carbocycles. The van der Waals surface area contributed by atoms with Gasteiger partial charge in [0.25, 0.3) is 5.91 Å². The van der Waals surface area contributed by atoms with Crippen LogP contribution in [0.25, 0.3) is 6.08 Å². The summed E-state index contributed by atoms with van der Waals surface area (Å²) in [6, 6.07) is 9.89. The van der Waals surface area contributed by atoms with E-state index in [1.54, 1.807) is 11.0 Å². The van der Waals surface area contributed by atoms with Crippen LogP contribution < -0.4 is 0 Å². The quantitative estimate of drug-likeness (QED) is 0.239. The highest BCUT2D eigenvalue weighted by atomic mass is 32.2. The molecule has 0 N–H and O–H groups in total. The number of rotatable bonds is 10. The first-order valence-electron chi connectivity index (χ1n) is 9.24. The molecule has 1 aromatic carbocycles. The molecule has 1 aliphatic rings. The third-order valence-corrected chi connectivity index (χ3v) is 5.38. The van der Waals surface area contributed by atoms with E-state index in [1.165, 1.54) is 11.8 Å². The Bertz CT molecular complexity index is 713. The number of nitrogens with zero attached hydrogens (tertiary/aromatic N) is 1. The molecule has 2 rings (SSSR count). The van der Waals surface area contributed by atoms with E-state index in [1.807, 2.05) is 42.5 Å². The third-order valence-electron chi connectivity index (χ3n) is 3.98. The van der Waals surface area contributed by atoms with Crippen molar-refractivity contribution < 1.29 is 14.3 Å². The van der Waals surface area contributed by atoms with Crippen molar-refractivity contribution in [1.82, 2.24) is 4.90 Å². The van der Waals surface area contributed by atoms with E-state index in [9.17, 15) is 9.59 Å². The molecule has 0 aromatic heterocycles. The van der Waals surface area contributed by atoms with E-state index < -0.39 is 0 Å². The van der Waals surface area contributed by atoms with Crippen LogP contribution >= 0.6 is 24.0 Å². The Labute approximate surface area is 170 Å². The van der Waals surface area contributed by atoms with Crippen LogP contribution in [0.4, 0.5) is 0 Å². The highest BCUT2D eigenvalue weighted by Gasteiger charge is 2.31. The highest BCUT2D eigenvalue weighted by molar-refractivity contribution is 8.26. The smallest absolute Gasteiger partial charge is 0.305 e. The molecule has 1 heterocycles. The molecule has 0 saturated carbocycles. The normalized spacial score (nSPS) is 15.9. The van der Waals surface area contributed by atoms with E-state index >= 15 is 0 Å². The first-order valence-corrected chi connectivity index (χ1v) is 10.5. The molecule has 144 valence electrons. The number of hydrogen-bond donors (Lipinski definition) is 0. The number of esters is 1. The zero-order valence-electron chi connectivity index (χ0n) is 15.6. The fourth-order valence-electron chi connectivity index (χ4n) is 2.51. The van der Waals surface area contributed by atoms with Crippen molar-refractivity contribution in [1.29, 1.82) is 0 Å². The van der Waals surface area contributed by atoms with Crippen molar-refractivity contribution in [3.63, 3.8) is 0 Å². The Hall–Kier alpha value is -1.92. The van der Waals surface area contributed by atoms with Gasteiger partial charge >= 0.3 is 5.97 Å². The van der Waals surface area contributed by atoms with Gasteiger partial charge in [0.15, 0.2) is 0 Å². The largest absolute Gasteiger partial charge is 0.466 e. The topological polar surface area (TPSA) is 46.6 Å². The summed E-state index contributed by atoms with van der Waals surface area (Å²) in [4.78, 5) is 26.3. The van der Waals surface area contributed by atoms with Crippen LogP contribution in [0.3, 0.4) is 0 Å². The molecule has 0 radical (unpaired) electrons. The number of carbonyl (C=O) groups excluding carboxylic acids is 2. The maximum atomic E-state index is 12.5. The number of thioether (sulfide) groups is 1. The van der Waals surface area contributed by atoms with E-state index in [2.05, 4.69) is 6.92 Å². The summed E-state index contributed by atoms with van der Waals surface area (Å²) >= 11 is 6.60. The van der Waals surface area contributed by atoms with E-state index in [0.717, 1.165) is 24.8 Å². The molecular weight excluding hydrogens is 378 g/mol.